The van der Waals surface area contributed by atoms with Crippen LogP contribution in [0.4, 0.5) is 5.69 Å². The van der Waals surface area contributed by atoms with Crippen molar-refractivity contribution in [1.29, 1.82) is 0 Å². The molecule has 0 saturated carbocycles. The highest BCUT2D eigenvalue weighted by molar-refractivity contribution is 7.98. The number of hydrogen-bond donors (Lipinski definition) is 1. The SMILES string of the molecule is CC1=Nc2c(ccc(C)c2C(C)c2ccccc2C)SN1. The normalized spacial score (nSPS) is 15.0. The van der Waals surface area contributed by atoms with Crippen molar-refractivity contribution < 1.29 is 0 Å². The maximum absolute atomic E-state index is 4.77. The Labute approximate surface area is 130 Å². The van der Waals surface area contributed by atoms with Gasteiger partial charge in [0.25, 0.3) is 0 Å². The Morgan fingerprint density at radius 3 is 2.52 bits per heavy atom. The van der Waals surface area contributed by atoms with Gasteiger partial charge in [-0.2, -0.15) is 0 Å². The van der Waals surface area contributed by atoms with Gasteiger partial charge < -0.3 is 4.72 Å². The maximum Gasteiger partial charge on any atom is 0.109 e. The summed E-state index contributed by atoms with van der Waals surface area (Å²) in [5, 5.41) is 0. The Kier molecular flexibility index (Phi) is 3.77. The molecular formula is C18H20N2S. The molecule has 3 rings (SSSR count). The number of hydrogen-bond acceptors (Lipinski definition) is 3. The molecule has 0 bridgehead atoms. The summed E-state index contributed by atoms with van der Waals surface area (Å²) in [6.07, 6.45) is 0. The van der Waals surface area contributed by atoms with Gasteiger partial charge in [0, 0.05) is 5.92 Å². The number of nitrogens with zero attached hydrogens (tertiary/aromatic N) is 1. The number of aliphatic imine (C=N–C) groups is 1. The fourth-order valence-electron chi connectivity index (χ4n) is 2.98. The molecule has 1 unspecified atom stereocenters. The second-order valence-corrected chi connectivity index (χ2v) is 6.47. The molecule has 1 N–H and O–H groups in total. The monoisotopic (exact) mass is 296 g/mol. The number of amidine groups is 1. The minimum Gasteiger partial charge on any atom is -0.314 e. The molecule has 0 spiro atoms. The number of nitrogens with one attached hydrogen (secondary N) is 1. The zero-order valence-corrected chi connectivity index (χ0v) is 13.7. The van der Waals surface area contributed by atoms with Crippen LogP contribution in [0.1, 0.15) is 42.0 Å². The average molecular weight is 296 g/mol. The highest BCUT2D eigenvalue weighted by atomic mass is 32.2. The van der Waals surface area contributed by atoms with Crippen LogP contribution in [0.5, 0.6) is 0 Å². The van der Waals surface area contributed by atoms with Crippen molar-refractivity contribution in [2.45, 2.75) is 38.5 Å². The lowest BCUT2D eigenvalue weighted by Crippen LogP contribution is -2.15. The van der Waals surface area contributed by atoms with Crippen LogP contribution in [0.25, 0.3) is 0 Å². The van der Waals surface area contributed by atoms with Crippen molar-refractivity contribution in [2.75, 3.05) is 0 Å². The molecule has 1 atom stereocenters. The predicted molar refractivity (Wildman–Crippen MR) is 91.6 cm³/mol. The van der Waals surface area contributed by atoms with Crippen molar-refractivity contribution >= 4 is 23.5 Å². The number of aryl methyl sites for hydroxylation is 2. The van der Waals surface area contributed by atoms with E-state index in [1.165, 1.54) is 27.1 Å². The lowest BCUT2D eigenvalue weighted by molar-refractivity contribution is 0.892. The summed E-state index contributed by atoms with van der Waals surface area (Å²) < 4.78 is 3.24. The van der Waals surface area contributed by atoms with Gasteiger partial charge in [-0.05, 0) is 61.0 Å². The van der Waals surface area contributed by atoms with Gasteiger partial charge in [0.05, 0.1) is 10.6 Å². The van der Waals surface area contributed by atoms with E-state index in [4.69, 9.17) is 4.99 Å². The molecule has 1 aliphatic rings. The van der Waals surface area contributed by atoms with Gasteiger partial charge in [-0.15, -0.1) is 0 Å². The van der Waals surface area contributed by atoms with Crippen LogP contribution in [0.15, 0.2) is 46.3 Å². The highest BCUT2D eigenvalue weighted by Gasteiger charge is 2.21. The van der Waals surface area contributed by atoms with Gasteiger partial charge in [0.1, 0.15) is 5.84 Å². The van der Waals surface area contributed by atoms with E-state index in [1.54, 1.807) is 11.9 Å². The lowest BCUT2D eigenvalue weighted by atomic mass is 9.86. The summed E-state index contributed by atoms with van der Waals surface area (Å²) in [5.41, 5.74) is 6.50. The van der Waals surface area contributed by atoms with Gasteiger partial charge in [0.2, 0.25) is 0 Å². The van der Waals surface area contributed by atoms with E-state index in [-0.39, 0.29) is 0 Å². The Bertz CT molecular complexity index is 719. The minimum atomic E-state index is 0.344. The van der Waals surface area contributed by atoms with E-state index in [2.05, 4.69) is 61.9 Å². The third-order valence-electron chi connectivity index (χ3n) is 4.07. The van der Waals surface area contributed by atoms with Gasteiger partial charge in [-0.25, -0.2) is 4.99 Å². The highest BCUT2D eigenvalue weighted by Crippen LogP contribution is 2.42. The summed E-state index contributed by atoms with van der Waals surface area (Å²) in [5.74, 6) is 1.31. The van der Waals surface area contributed by atoms with E-state index in [9.17, 15) is 0 Å². The quantitative estimate of drug-likeness (QED) is 0.778. The van der Waals surface area contributed by atoms with Crippen LogP contribution in [-0.2, 0) is 0 Å². The largest absolute Gasteiger partial charge is 0.314 e. The molecule has 2 aromatic carbocycles. The van der Waals surface area contributed by atoms with Crippen molar-refractivity contribution in [2.24, 2.45) is 4.99 Å². The van der Waals surface area contributed by atoms with Crippen LogP contribution in [-0.4, -0.2) is 5.84 Å². The second kappa shape index (κ2) is 5.57. The molecule has 1 aliphatic heterocycles. The molecule has 108 valence electrons. The first kappa shape index (κ1) is 14.2. The summed E-state index contributed by atoms with van der Waals surface area (Å²) in [4.78, 5) is 5.98. The molecule has 2 nitrogen and oxygen atoms in total. The molecule has 1 heterocycles. The van der Waals surface area contributed by atoms with Crippen molar-refractivity contribution in [3.8, 4) is 0 Å². The third kappa shape index (κ3) is 2.58. The average Bonchev–Trinajstić information content (AvgIpc) is 2.47. The van der Waals surface area contributed by atoms with Crippen LogP contribution < -0.4 is 4.72 Å². The molecule has 0 radical (unpaired) electrons. The van der Waals surface area contributed by atoms with Gasteiger partial charge in [0.15, 0.2) is 0 Å². The Morgan fingerprint density at radius 2 is 1.76 bits per heavy atom. The molecule has 21 heavy (non-hydrogen) atoms. The zero-order valence-electron chi connectivity index (χ0n) is 12.9. The summed E-state index contributed by atoms with van der Waals surface area (Å²) in [6.45, 7) is 8.66. The lowest BCUT2D eigenvalue weighted by Gasteiger charge is -2.24. The fraction of sp³-hybridized carbons (Fsp3) is 0.278. The smallest absolute Gasteiger partial charge is 0.109 e. The summed E-state index contributed by atoms with van der Waals surface area (Å²) >= 11 is 1.66. The molecule has 0 fully saturated rings. The molecule has 3 heteroatoms. The van der Waals surface area contributed by atoms with E-state index in [1.807, 2.05) is 6.92 Å². The van der Waals surface area contributed by atoms with Crippen LogP contribution >= 0.6 is 11.9 Å². The van der Waals surface area contributed by atoms with Crippen molar-refractivity contribution in [3.63, 3.8) is 0 Å². The predicted octanol–water partition coefficient (Wildman–Crippen LogP) is 5.12. The molecule has 0 amide bonds. The van der Waals surface area contributed by atoms with E-state index >= 15 is 0 Å². The first-order valence-electron chi connectivity index (χ1n) is 7.25. The van der Waals surface area contributed by atoms with Crippen molar-refractivity contribution in [3.05, 3.63) is 58.7 Å². The first-order chi connectivity index (χ1) is 10.1. The van der Waals surface area contributed by atoms with Gasteiger partial charge in [-0.3, -0.25) is 0 Å². The van der Waals surface area contributed by atoms with Crippen LogP contribution in [0.2, 0.25) is 0 Å². The summed E-state index contributed by atoms with van der Waals surface area (Å²) in [6, 6.07) is 13.0. The molecule has 0 saturated heterocycles. The van der Waals surface area contributed by atoms with E-state index < -0.39 is 0 Å². The number of benzene rings is 2. The second-order valence-electron chi connectivity index (χ2n) is 5.62. The van der Waals surface area contributed by atoms with E-state index in [0.717, 1.165) is 11.5 Å². The minimum absolute atomic E-state index is 0.344. The fourth-order valence-corrected chi connectivity index (χ4v) is 3.67. The molecule has 0 aliphatic carbocycles. The Morgan fingerprint density at radius 1 is 1.00 bits per heavy atom. The molecule has 2 aromatic rings. The number of fused-ring (bicyclic) bond motifs is 1. The van der Waals surface area contributed by atoms with Gasteiger partial charge in [-0.1, -0.05) is 37.3 Å². The third-order valence-corrected chi connectivity index (χ3v) is 5.02. The zero-order chi connectivity index (χ0) is 15.0. The van der Waals surface area contributed by atoms with Crippen molar-refractivity contribution in [1.82, 2.24) is 4.72 Å². The van der Waals surface area contributed by atoms with Crippen LogP contribution in [0, 0.1) is 13.8 Å². The van der Waals surface area contributed by atoms with Crippen LogP contribution in [0.3, 0.4) is 0 Å². The van der Waals surface area contributed by atoms with E-state index in [0.29, 0.717) is 5.92 Å². The standard InChI is InChI=1S/C18H20N2S/c1-11-7-5-6-8-15(11)13(3)17-12(2)9-10-16-18(17)19-14(4)20-21-16/h5-10,13H,1-4H3,(H,19,20). The first-order valence-corrected chi connectivity index (χ1v) is 8.06. The van der Waals surface area contributed by atoms with Gasteiger partial charge >= 0.3 is 0 Å². The Balaban J connectivity index is 2.17. The topological polar surface area (TPSA) is 24.4 Å². The molecular weight excluding hydrogens is 276 g/mol. The summed E-state index contributed by atoms with van der Waals surface area (Å²) in [7, 11) is 0. The Hall–Kier alpha value is -1.74. The molecule has 0 aromatic heterocycles. The number of rotatable bonds is 2. The maximum atomic E-state index is 4.77.